The number of hydrogen-bond donors (Lipinski definition) is 2. The van der Waals surface area contributed by atoms with E-state index in [1.54, 1.807) is 23.9 Å². The normalized spacial score (nSPS) is 10.4. The van der Waals surface area contributed by atoms with Crippen LogP contribution in [0.4, 0.5) is 10.1 Å². The molecular formula is C22H21FN2S. The highest BCUT2D eigenvalue weighted by Crippen LogP contribution is 2.29. The van der Waals surface area contributed by atoms with E-state index in [1.807, 2.05) is 43.5 Å². The predicted molar refractivity (Wildman–Crippen MR) is 111 cm³/mol. The molecule has 0 fully saturated rings. The molecule has 0 heterocycles. The first-order valence-corrected chi connectivity index (χ1v) is 9.52. The zero-order valence-corrected chi connectivity index (χ0v) is 15.7. The van der Waals surface area contributed by atoms with Crippen LogP contribution in [0, 0.1) is 12.7 Å². The highest BCUT2D eigenvalue weighted by atomic mass is 32.2. The molecule has 0 atom stereocenters. The fraction of sp³-hybridized carbons (Fsp3) is 0.0909. The fourth-order valence-electron chi connectivity index (χ4n) is 2.75. The summed E-state index contributed by atoms with van der Waals surface area (Å²) in [5, 5.41) is 0. The topological polar surface area (TPSA) is 24.1 Å². The number of halogens is 1. The van der Waals surface area contributed by atoms with Crippen molar-refractivity contribution in [3.63, 3.8) is 0 Å². The van der Waals surface area contributed by atoms with Crippen LogP contribution in [0.5, 0.6) is 0 Å². The van der Waals surface area contributed by atoms with Crippen LogP contribution in [0.1, 0.15) is 11.1 Å². The Morgan fingerprint density at radius 2 is 1.73 bits per heavy atom. The van der Waals surface area contributed by atoms with Crippen molar-refractivity contribution in [3.8, 4) is 11.1 Å². The first-order valence-electron chi connectivity index (χ1n) is 8.29. The number of hydrogen-bond acceptors (Lipinski definition) is 3. The van der Waals surface area contributed by atoms with E-state index < -0.39 is 0 Å². The number of rotatable bonds is 6. The van der Waals surface area contributed by atoms with Crippen LogP contribution in [0.2, 0.25) is 0 Å². The number of aryl methyl sites for hydroxylation is 1. The van der Waals surface area contributed by atoms with Crippen molar-refractivity contribution >= 4 is 23.1 Å². The lowest BCUT2D eigenvalue weighted by Crippen LogP contribution is -2.20. The Hall–Kier alpha value is -2.72. The molecule has 0 saturated heterocycles. The molecule has 26 heavy (non-hydrogen) atoms. The summed E-state index contributed by atoms with van der Waals surface area (Å²) in [7, 11) is 0. The number of thioether (sulfide) groups is 1. The van der Waals surface area contributed by atoms with Gasteiger partial charge >= 0.3 is 0 Å². The van der Waals surface area contributed by atoms with Gasteiger partial charge in [-0.25, -0.2) is 4.39 Å². The lowest BCUT2D eigenvalue weighted by molar-refractivity contribution is 0.628. The summed E-state index contributed by atoms with van der Waals surface area (Å²) in [6.07, 6.45) is 2.04. The van der Waals surface area contributed by atoms with Gasteiger partial charge in [-0.3, -0.25) is 5.43 Å². The molecule has 0 bridgehead atoms. The van der Waals surface area contributed by atoms with Crippen molar-refractivity contribution in [3.05, 3.63) is 90.3 Å². The minimum Gasteiger partial charge on any atom is -0.301 e. The van der Waals surface area contributed by atoms with Gasteiger partial charge in [-0.1, -0.05) is 54.6 Å². The summed E-state index contributed by atoms with van der Waals surface area (Å²) >= 11 is 1.68. The molecule has 0 saturated carbocycles. The number of hydrazine groups is 1. The second-order valence-electron chi connectivity index (χ2n) is 5.98. The van der Waals surface area contributed by atoms with Gasteiger partial charge in [-0.05, 0) is 48.6 Å². The monoisotopic (exact) mass is 364 g/mol. The fourth-order valence-corrected chi connectivity index (χ4v) is 3.30. The molecule has 0 radical (unpaired) electrons. The number of nitrogens with one attached hydrogen (secondary N) is 2. The molecule has 132 valence electrons. The van der Waals surface area contributed by atoms with Gasteiger partial charge < -0.3 is 5.43 Å². The summed E-state index contributed by atoms with van der Waals surface area (Å²) < 4.78 is 13.3. The van der Waals surface area contributed by atoms with Crippen molar-refractivity contribution in [2.24, 2.45) is 0 Å². The summed E-state index contributed by atoms with van der Waals surface area (Å²) in [6.45, 7) is 6.22. The Kier molecular flexibility index (Phi) is 5.64. The van der Waals surface area contributed by atoms with Gasteiger partial charge in [0.15, 0.2) is 0 Å². The van der Waals surface area contributed by atoms with E-state index in [0.717, 1.165) is 38.5 Å². The molecule has 0 spiro atoms. The maximum atomic E-state index is 13.3. The SMILES string of the molecule is C=C(NNc1ccccc1SC)c1ccc(C)cc1-c1ccc(F)cc1. The molecule has 0 aliphatic rings. The van der Waals surface area contributed by atoms with E-state index in [-0.39, 0.29) is 5.82 Å². The van der Waals surface area contributed by atoms with Crippen LogP contribution in [-0.4, -0.2) is 6.26 Å². The molecular weight excluding hydrogens is 343 g/mol. The van der Waals surface area contributed by atoms with E-state index in [2.05, 4.69) is 29.6 Å². The molecule has 2 N–H and O–H groups in total. The highest BCUT2D eigenvalue weighted by Gasteiger charge is 2.10. The van der Waals surface area contributed by atoms with Gasteiger partial charge in [-0.15, -0.1) is 11.8 Å². The van der Waals surface area contributed by atoms with Crippen molar-refractivity contribution in [2.75, 3.05) is 11.7 Å². The van der Waals surface area contributed by atoms with Crippen LogP contribution < -0.4 is 10.9 Å². The average molecular weight is 364 g/mol. The van der Waals surface area contributed by atoms with Gasteiger partial charge in [0.25, 0.3) is 0 Å². The van der Waals surface area contributed by atoms with Crippen molar-refractivity contribution in [1.29, 1.82) is 0 Å². The van der Waals surface area contributed by atoms with Gasteiger partial charge in [0, 0.05) is 10.5 Å². The molecule has 0 aliphatic heterocycles. The van der Waals surface area contributed by atoms with Crippen LogP contribution in [0.25, 0.3) is 16.8 Å². The van der Waals surface area contributed by atoms with Crippen molar-refractivity contribution < 1.29 is 4.39 Å². The third kappa shape index (κ3) is 4.09. The molecule has 0 unspecified atom stereocenters. The quantitative estimate of drug-likeness (QED) is 0.407. The van der Waals surface area contributed by atoms with E-state index >= 15 is 0 Å². The van der Waals surface area contributed by atoms with Crippen LogP contribution in [0.3, 0.4) is 0 Å². The molecule has 3 aromatic carbocycles. The molecule has 4 heteroatoms. The van der Waals surface area contributed by atoms with E-state index in [9.17, 15) is 4.39 Å². The Balaban J connectivity index is 1.86. The Morgan fingerprint density at radius 1 is 1.00 bits per heavy atom. The molecule has 0 aromatic heterocycles. The predicted octanol–water partition coefficient (Wildman–Crippen LogP) is 6.11. The summed E-state index contributed by atoms with van der Waals surface area (Å²) in [5.41, 5.74) is 12.3. The van der Waals surface area contributed by atoms with E-state index in [4.69, 9.17) is 0 Å². The molecule has 3 rings (SSSR count). The molecule has 0 aliphatic carbocycles. The second kappa shape index (κ2) is 8.11. The maximum absolute atomic E-state index is 13.3. The second-order valence-corrected chi connectivity index (χ2v) is 6.83. The van der Waals surface area contributed by atoms with Crippen molar-refractivity contribution in [1.82, 2.24) is 5.43 Å². The third-order valence-corrected chi connectivity index (χ3v) is 4.91. The molecule has 0 amide bonds. The van der Waals surface area contributed by atoms with Gasteiger partial charge in [-0.2, -0.15) is 0 Å². The zero-order valence-electron chi connectivity index (χ0n) is 14.8. The van der Waals surface area contributed by atoms with Gasteiger partial charge in [0.1, 0.15) is 5.82 Å². The minimum atomic E-state index is -0.241. The Morgan fingerprint density at radius 3 is 2.46 bits per heavy atom. The maximum Gasteiger partial charge on any atom is 0.123 e. The molecule has 3 aromatic rings. The standard InChI is InChI=1S/C22H21FN2S/c1-15-8-13-19(20(14-15)17-9-11-18(23)12-10-17)16(2)24-25-21-6-4-5-7-22(21)26-3/h4-14,24-25H,2H2,1,3H3. The smallest absolute Gasteiger partial charge is 0.123 e. The average Bonchev–Trinajstić information content (AvgIpc) is 2.67. The first kappa shape index (κ1) is 18.1. The van der Waals surface area contributed by atoms with Crippen LogP contribution >= 0.6 is 11.8 Å². The lowest BCUT2D eigenvalue weighted by atomic mass is 9.96. The van der Waals surface area contributed by atoms with E-state index in [1.165, 1.54) is 12.1 Å². The Labute approximate surface area is 158 Å². The summed E-state index contributed by atoms with van der Waals surface area (Å²) in [4.78, 5) is 1.15. The van der Waals surface area contributed by atoms with Crippen molar-refractivity contribution in [2.45, 2.75) is 11.8 Å². The number of anilines is 1. The highest BCUT2D eigenvalue weighted by molar-refractivity contribution is 7.98. The third-order valence-electron chi connectivity index (χ3n) is 4.11. The van der Waals surface area contributed by atoms with Crippen LogP contribution in [0.15, 0.2) is 78.2 Å². The minimum absolute atomic E-state index is 0.241. The number of benzene rings is 3. The summed E-state index contributed by atoms with van der Waals surface area (Å²) in [6, 6.07) is 20.8. The first-order chi connectivity index (χ1) is 12.6. The largest absolute Gasteiger partial charge is 0.301 e. The van der Waals surface area contributed by atoms with Gasteiger partial charge in [0.05, 0.1) is 11.4 Å². The van der Waals surface area contributed by atoms with Gasteiger partial charge in [0.2, 0.25) is 0 Å². The summed E-state index contributed by atoms with van der Waals surface area (Å²) in [5.74, 6) is -0.241. The number of para-hydroxylation sites is 1. The lowest BCUT2D eigenvalue weighted by Gasteiger charge is -2.17. The zero-order chi connectivity index (χ0) is 18.5. The molecule has 2 nitrogen and oxygen atoms in total. The van der Waals surface area contributed by atoms with Crippen LogP contribution in [-0.2, 0) is 0 Å². The Bertz CT molecular complexity index is 920. The van der Waals surface area contributed by atoms with E-state index in [0.29, 0.717) is 0 Å².